The minimum absolute atomic E-state index is 0.289. The van der Waals surface area contributed by atoms with E-state index in [0.29, 0.717) is 21.9 Å². The number of halogens is 2. The zero-order chi connectivity index (χ0) is 11.5. The third kappa shape index (κ3) is 2.02. The van der Waals surface area contributed by atoms with Gasteiger partial charge in [-0.1, -0.05) is 29.8 Å². The predicted molar refractivity (Wildman–Crippen MR) is 63.4 cm³/mol. The highest BCUT2D eigenvalue weighted by Gasteiger charge is 2.10. The third-order valence-electron chi connectivity index (χ3n) is 2.33. The number of benzene rings is 2. The van der Waals surface area contributed by atoms with Gasteiger partial charge < -0.3 is 4.74 Å². The zero-order valence-electron chi connectivity index (χ0n) is 8.71. The molecular weight excluding hydrogens is 227 g/mol. The molecule has 0 aliphatic rings. The van der Waals surface area contributed by atoms with Gasteiger partial charge in [-0.05, 0) is 24.3 Å². The average molecular weight is 237 g/mol. The lowest BCUT2D eigenvalue weighted by Crippen LogP contribution is -1.90. The summed E-state index contributed by atoms with van der Waals surface area (Å²) in [6.07, 6.45) is 0. The molecule has 0 aliphatic heterocycles. The largest absolute Gasteiger partial charge is 0.496 e. The van der Waals surface area contributed by atoms with Gasteiger partial charge in [0.1, 0.15) is 11.6 Å². The molecule has 0 aromatic heterocycles. The molecule has 2 aromatic carbocycles. The summed E-state index contributed by atoms with van der Waals surface area (Å²) in [7, 11) is 1.55. The van der Waals surface area contributed by atoms with Crippen LogP contribution >= 0.6 is 11.6 Å². The molecule has 0 saturated carbocycles. The van der Waals surface area contributed by atoms with Crippen LogP contribution in [0.15, 0.2) is 42.5 Å². The van der Waals surface area contributed by atoms with Crippen LogP contribution in [0, 0.1) is 5.82 Å². The maximum absolute atomic E-state index is 13.6. The van der Waals surface area contributed by atoms with Gasteiger partial charge in [-0.2, -0.15) is 0 Å². The Morgan fingerprint density at radius 3 is 2.50 bits per heavy atom. The van der Waals surface area contributed by atoms with Crippen molar-refractivity contribution in [2.24, 2.45) is 0 Å². The Hall–Kier alpha value is -1.54. The molecule has 0 bridgehead atoms. The van der Waals surface area contributed by atoms with Crippen LogP contribution in [0.1, 0.15) is 0 Å². The molecule has 2 aromatic rings. The second kappa shape index (κ2) is 4.54. The molecule has 2 rings (SSSR count). The van der Waals surface area contributed by atoms with Gasteiger partial charge in [0.25, 0.3) is 0 Å². The van der Waals surface area contributed by atoms with Crippen molar-refractivity contribution < 1.29 is 9.13 Å². The standard InChI is InChI=1S/C13H10ClFO/c1-16-13-7-6-9(14)8-11(13)10-4-2-3-5-12(10)15/h2-8H,1H3. The van der Waals surface area contributed by atoms with Crippen LogP contribution < -0.4 is 4.74 Å². The second-order valence-electron chi connectivity index (χ2n) is 3.32. The number of ether oxygens (including phenoxy) is 1. The van der Waals surface area contributed by atoms with Crippen molar-refractivity contribution in [3.63, 3.8) is 0 Å². The lowest BCUT2D eigenvalue weighted by atomic mass is 10.0. The lowest BCUT2D eigenvalue weighted by molar-refractivity contribution is 0.416. The van der Waals surface area contributed by atoms with Crippen molar-refractivity contribution in [1.29, 1.82) is 0 Å². The van der Waals surface area contributed by atoms with E-state index in [1.54, 1.807) is 43.5 Å². The SMILES string of the molecule is COc1ccc(Cl)cc1-c1ccccc1F. The molecule has 3 heteroatoms. The second-order valence-corrected chi connectivity index (χ2v) is 3.76. The molecule has 0 heterocycles. The van der Waals surface area contributed by atoms with Crippen LogP contribution in [-0.4, -0.2) is 7.11 Å². The fraction of sp³-hybridized carbons (Fsp3) is 0.0769. The highest BCUT2D eigenvalue weighted by atomic mass is 35.5. The summed E-state index contributed by atoms with van der Waals surface area (Å²) >= 11 is 5.90. The topological polar surface area (TPSA) is 9.23 Å². The Morgan fingerprint density at radius 1 is 1.06 bits per heavy atom. The smallest absolute Gasteiger partial charge is 0.131 e. The van der Waals surface area contributed by atoms with Gasteiger partial charge in [-0.25, -0.2) is 4.39 Å². The fourth-order valence-corrected chi connectivity index (χ4v) is 1.74. The van der Waals surface area contributed by atoms with Crippen molar-refractivity contribution >= 4 is 11.6 Å². The van der Waals surface area contributed by atoms with E-state index >= 15 is 0 Å². The summed E-state index contributed by atoms with van der Waals surface area (Å²) in [5.41, 5.74) is 1.15. The van der Waals surface area contributed by atoms with Gasteiger partial charge in [-0.3, -0.25) is 0 Å². The molecule has 0 atom stereocenters. The fourth-order valence-electron chi connectivity index (χ4n) is 1.57. The van der Waals surface area contributed by atoms with Crippen LogP contribution in [0.2, 0.25) is 5.02 Å². The van der Waals surface area contributed by atoms with Crippen molar-refractivity contribution in [3.05, 3.63) is 53.3 Å². The summed E-state index contributed by atoms with van der Waals surface area (Å²) in [4.78, 5) is 0. The van der Waals surface area contributed by atoms with E-state index in [0.717, 1.165) is 0 Å². The molecule has 0 radical (unpaired) electrons. The van der Waals surface area contributed by atoms with E-state index in [2.05, 4.69) is 0 Å². The van der Waals surface area contributed by atoms with Crippen LogP contribution in [0.25, 0.3) is 11.1 Å². The Balaban J connectivity index is 2.63. The third-order valence-corrected chi connectivity index (χ3v) is 2.56. The van der Waals surface area contributed by atoms with Crippen LogP contribution in [0.4, 0.5) is 4.39 Å². The van der Waals surface area contributed by atoms with Gasteiger partial charge in [0.15, 0.2) is 0 Å². The summed E-state index contributed by atoms with van der Waals surface area (Å²) in [6, 6.07) is 11.7. The van der Waals surface area contributed by atoms with Crippen molar-refractivity contribution in [2.75, 3.05) is 7.11 Å². The van der Waals surface area contributed by atoms with Gasteiger partial charge in [0.2, 0.25) is 0 Å². The lowest BCUT2D eigenvalue weighted by Gasteiger charge is -2.09. The molecule has 0 amide bonds. The summed E-state index contributed by atoms with van der Waals surface area (Å²) in [6.45, 7) is 0. The summed E-state index contributed by atoms with van der Waals surface area (Å²) in [5, 5.41) is 0.555. The molecular formula is C13H10ClFO. The van der Waals surface area contributed by atoms with Gasteiger partial charge in [0.05, 0.1) is 7.11 Å². The van der Waals surface area contributed by atoms with Gasteiger partial charge in [0, 0.05) is 16.1 Å². The maximum Gasteiger partial charge on any atom is 0.131 e. The maximum atomic E-state index is 13.6. The van der Waals surface area contributed by atoms with Crippen molar-refractivity contribution in [2.45, 2.75) is 0 Å². The molecule has 0 unspecified atom stereocenters. The van der Waals surface area contributed by atoms with Gasteiger partial charge in [-0.15, -0.1) is 0 Å². The van der Waals surface area contributed by atoms with E-state index in [1.807, 2.05) is 0 Å². The Bertz CT molecular complexity index is 511. The molecule has 0 spiro atoms. The number of hydrogen-bond donors (Lipinski definition) is 0. The minimum Gasteiger partial charge on any atom is -0.496 e. The normalized spacial score (nSPS) is 10.2. The highest BCUT2D eigenvalue weighted by molar-refractivity contribution is 6.31. The number of methoxy groups -OCH3 is 1. The van der Waals surface area contributed by atoms with Crippen LogP contribution in [0.3, 0.4) is 0 Å². The van der Waals surface area contributed by atoms with Gasteiger partial charge >= 0.3 is 0 Å². The van der Waals surface area contributed by atoms with E-state index in [9.17, 15) is 4.39 Å². The highest BCUT2D eigenvalue weighted by Crippen LogP contribution is 2.33. The van der Waals surface area contributed by atoms with Crippen molar-refractivity contribution in [1.82, 2.24) is 0 Å². The molecule has 16 heavy (non-hydrogen) atoms. The minimum atomic E-state index is -0.289. The van der Waals surface area contributed by atoms with E-state index < -0.39 is 0 Å². The first kappa shape index (κ1) is 11.0. The monoisotopic (exact) mass is 236 g/mol. The molecule has 0 saturated heterocycles. The Kier molecular flexibility index (Phi) is 3.11. The molecule has 0 fully saturated rings. The molecule has 0 N–H and O–H groups in total. The zero-order valence-corrected chi connectivity index (χ0v) is 9.46. The van der Waals surface area contributed by atoms with E-state index in [4.69, 9.17) is 16.3 Å². The predicted octanol–water partition coefficient (Wildman–Crippen LogP) is 4.15. The molecule has 82 valence electrons. The average Bonchev–Trinajstić information content (AvgIpc) is 2.29. The summed E-state index contributed by atoms with van der Waals surface area (Å²) < 4.78 is 18.8. The van der Waals surface area contributed by atoms with Crippen LogP contribution in [-0.2, 0) is 0 Å². The van der Waals surface area contributed by atoms with E-state index in [1.165, 1.54) is 6.07 Å². The quantitative estimate of drug-likeness (QED) is 0.761. The molecule has 0 aliphatic carbocycles. The van der Waals surface area contributed by atoms with Crippen LogP contribution in [0.5, 0.6) is 5.75 Å². The summed E-state index contributed by atoms with van der Waals surface area (Å²) in [5.74, 6) is 0.317. The Labute approximate surface area is 98.4 Å². The first-order chi connectivity index (χ1) is 7.72. The van der Waals surface area contributed by atoms with Crippen molar-refractivity contribution in [3.8, 4) is 16.9 Å². The van der Waals surface area contributed by atoms with E-state index in [-0.39, 0.29) is 5.82 Å². The first-order valence-corrected chi connectivity index (χ1v) is 5.18. The first-order valence-electron chi connectivity index (χ1n) is 4.81. The molecule has 1 nitrogen and oxygen atoms in total. The number of rotatable bonds is 2. The Morgan fingerprint density at radius 2 is 1.81 bits per heavy atom. The number of hydrogen-bond acceptors (Lipinski definition) is 1.